The lowest BCUT2D eigenvalue weighted by molar-refractivity contribution is 0.115. The van der Waals surface area contributed by atoms with Gasteiger partial charge in [-0.05, 0) is 31.6 Å². The molecule has 0 aliphatic carbocycles. The average Bonchev–Trinajstić information content (AvgIpc) is 2.22. The maximum atomic E-state index is 5.13. The van der Waals surface area contributed by atoms with Crippen molar-refractivity contribution in [2.45, 2.75) is 39.2 Å². The Morgan fingerprint density at radius 2 is 1.86 bits per heavy atom. The molecule has 0 aromatic heterocycles. The Labute approximate surface area is 94.4 Å². The number of methoxy groups -OCH3 is 1. The van der Waals surface area contributed by atoms with E-state index in [-0.39, 0.29) is 0 Å². The van der Waals surface area contributed by atoms with Gasteiger partial charge in [0.1, 0.15) is 0 Å². The van der Waals surface area contributed by atoms with Crippen molar-refractivity contribution in [3.8, 4) is 0 Å². The fourth-order valence-electron chi connectivity index (χ4n) is 1.76. The van der Waals surface area contributed by atoms with E-state index in [0.29, 0.717) is 6.04 Å². The molecule has 0 aromatic carbocycles. The fourth-order valence-corrected chi connectivity index (χ4v) is 1.91. The van der Waals surface area contributed by atoms with Gasteiger partial charge in [0.15, 0.2) is 0 Å². The molecule has 0 aliphatic heterocycles. The highest BCUT2D eigenvalue weighted by atomic mass is 32.1. The van der Waals surface area contributed by atoms with E-state index in [9.17, 15) is 0 Å². The summed E-state index contributed by atoms with van der Waals surface area (Å²) in [4.78, 5) is 2.53. The molecule has 0 saturated carbocycles. The Morgan fingerprint density at radius 3 is 2.29 bits per heavy atom. The molecule has 0 unspecified atom stereocenters. The van der Waals surface area contributed by atoms with Crippen LogP contribution in [0.5, 0.6) is 0 Å². The van der Waals surface area contributed by atoms with E-state index >= 15 is 0 Å². The van der Waals surface area contributed by atoms with Gasteiger partial charge >= 0.3 is 0 Å². The van der Waals surface area contributed by atoms with Gasteiger partial charge in [0.25, 0.3) is 0 Å². The summed E-state index contributed by atoms with van der Waals surface area (Å²) in [7, 11) is 1.77. The SMILES string of the molecule is CCC(CC)N(CCCS)CCOC. The summed E-state index contributed by atoms with van der Waals surface area (Å²) in [6.07, 6.45) is 3.63. The minimum atomic E-state index is 0.713. The quantitative estimate of drug-likeness (QED) is 0.598. The van der Waals surface area contributed by atoms with Crippen LogP contribution < -0.4 is 0 Å². The van der Waals surface area contributed by atoms with E-state index in [1.807, 2.05) is 0 Å². The van der Waals surface area contributed by atoms with Gasteiger partial charge < -0.3 is 4.74 Å². The van der Waals surface area contributed by atoms with Crippen molar-refractivity contribution in [1.82, 2.24) is 4.90 Å². The number of nitrogens with zero attached hydrogens (tertiary/aromatic N) is 1. The van der Waals surface area contributed by atoms with Crippen LogP contribution in [-0.2, 0) is 4.74 Å². The monoisotopic (exact) mass is 219 g/mol. The Balaban J connectivity index is 3.92. The van der Waals surface area contributed by atoms with Gasteiger partial charge in [-0.15, -0.1) is 0 Å². The van der Waals surface area contributed by atoms with Crippen molar-refractivity contribution in [3.05, 3.63) is 0 Å². The summed E-state index contributed by atoms with van der Waals surface area (Å²) in [6, 6.07) is 0.713. The molecule has 2 nitrogen and oxygen atoms in total. The average molecular weight is 219 g/mol. The number of rotatable bonds is 9. The van der Waals surface area contributed by atoms with Crippen molar-refractivity contribution in [2.75, 3.05) is 32.6 Å². The third kappa shape index (κ3) is 5.89. The van der Waals surface area contributed by atoms with Crippen molar-refractivity contribution < 1.29 is 4.74 Å². The molecule has 0 fully saturated rings. The van der Waals surface area contributed by atoms with Crippen molar-refractivity contribution >= 4 is 12.6 Å². The topological polar surface area (TPSA) is 12.5 Å². The third-order valence-corrected chi connectivity index (χ3v) is 2.96. The smallest absolute Gasteiger partial charge is 0.0589 e. The molecule has 86 valence electrons. The van der Waals surface area contributed by atoms with Crippen molar-refractivity contribution in [2.24, 2.45) is 0 Å². The van der Waals surface area contributed by atoms with Gasteiger partial charge in [-0.25, -0.2) is 0 Å². The van der Waals surface area contributed by atoms with Crippen LogP contribution in [0, 0.1) is 0 Å². The van der Waals surface area contributed by atoms with Gasteiger partial charge in [-0.3, -0.25) is 4.90 Å². The van der Waals surface area contributed by atoms with Crippen LogP contribution in [0.1, 0.15) is 33.1 Å². The Kier molecular flexibility index (Phi) is 10.0. The first-order valence-electron chi connectivity index (χ1n) is 5.63. The first kappa shape index (κ1) is 14.3. The minimum absolute atomic E-state index is 0.713. The molecule has 0 rings (SSSR count). The lowest BCUT2D eigenvalue weighted by Crippen LogP contribution is -2.37. The predicted octanol–water partition coefficient (Wildman–Crippen LogP) is 2.44. The molecular weight excluding hydrogens is 194 g/mol. The highest BCUT2D eigenvalue weighted by Gasteiger charge is 2.13. The second-order valence-electron chi connectivity index (χ2n) is 3.58. The van der Waals surface area contributed by atoms with Crippen LogP contribution in [0.15, 0.2) is 0 Å². The molecule has 0 heterocycles. The van der Waals surface area contributed by atoms with Crippen LogP contribution in [-0.4, -0.2) is 43.5 Å². The summed E-state index contributed by atoms with van der Waals surface area (Å²) >= 11 is 4.26. The molecule has 0 bridgehead atoms. The maximum absolute atomic E-state index is 5.13. The van der Waals surface area contributed by atoms with Gasteiger partial charge in [-0.1, -0.05) is 13.8 Å². The molecular formula is C11H25NOS. The van der Waals surface area contributed by atoms with Crippen LogP contribution in [0.3, 0.4) is 0 Å². The zero-order chi connectivity index (χ0) is 10.8. The van der Waals surface area contributed by atoms with Crippen molar-refractivity contribution in [3.63, 3.8) is 0 Å². The molecule has 0 radical (unpaired) electrons. The Morgan fingerprint density at radius 1 is 1.21 bits per heavy atom. The molecule has 0 saturated heterocycles. The standard InChI is InChI=1S/C11H25NOS/c1-4-11(5-2)12(7-6-10-14)8-9-13-3/h11,14H,4-10H2,1-3H3. The van der Waals surface area contributed by atoms with Crippen molar-refractivity contribution in [1.29, 1.82) is 0 Å². The molecule has 0 aromatic rings. The lowest BCUT2D eigenvalue weighted by Gasteiger charge is -2.30. The lowest BCUT2D eigenvalue weighted by atomic mass is 10.1. The summed E-state index contributed by atoms with van der Waals surface area (Å²) in [6.45, 7) is 7.56. The highest BCUT2D eigenvalue weighted by Crippen LogP contribution is 2.09. The summed E-state index contributed by atoms with van der Waals surface area (Å²) in [5, 5.41) is 0. The molecule has 0 aliphatic rings. The third-order valence-electron chi connectivity index (χ3n) is 2.64. The number of ether oxygens (including phenoxy) is 1. The zero-order valence-electron chi connectivity index (χ0n) is 9.83. The molecule has 14 heavy (non-hydrogen) atoms. The number of hydrogen-bond acceptors (Lipinski definition) is 3. The van der Waals surface area contributed by atoms with Crippen LogP contribution in [0.2, 0.25) is 0 Å². The van der Waals surface area contributed by atoms with E-state index in [0.717, 1.165) is 25.4 Å². The van der Waals surface area contributed by atoms with E-state index in [2.05, 4.69) is 31.4 Å². The first-order chi connectivity index (χ1) is 6.79. The number of thiol groups is 1. The van der Waals surface area contributed by atoms with E-state index < -0.39 is 0 Å². The summed E-state index contributed by atoms with van der Waals surface area (Å²) < 4.78 is 5.13. The fraction of sp³-hybridized carbons (Fsp3) is 1.00. The van der Waals surface area contributed by atoms with Gasteiger partial charge in [-0.2, -0.15) is 12.6 Å². The molecule has 0 N–H and O–H groups in total. The van der Waals surface area contributed by atoms with E-state index in [1.54, 1.807) is 7.11 Å². The van der Waals surface area contributed by atoms with E-state index in [4.69, 9.17) is 4.74 Å². The Bertz CT molecular complexity index is 110. The first-order valence-corrected chi connectivity index (χ1v) is 6.27. The van der Waals surface area contributed by atoms with Gasteiger partial charge in [0.05, 0.1) is 6.61 Å². The molecule has 3 heteroatoms. The largest absolute Gasteiger partial charge is 0.383 e. The van der Waals surface area contributed by atoms with Crippen LogP contribution in [0.25, 0.3) is 0 Å². The molecule has 0 spiro atoms. The minimum Gasteiger partial charge on any atom is -0.383 e. The van der Waals surface area contributed by atoms with E-state index in [1.165, 1.54) is 19.3 Å². The predicted molar refractivity (Wildman–Crippen MR) is 66.3 cm³/mol. The molecule has 0 atom stereocenters. The zero-order valence-corrected chi connectivity index (χ0v) is 10.7. The van der Waals surface area contributed by atoms with Gasteiger partial charge in [0.2, 0.25) is 0 Å². The number of hydrogen-bond donors (Lipinski definition) is 1. The van der Waals surface area contributed by atoms with Gasteiger partial charge in [0, 0.05) is 19.7 Å². The second kappa shape index (κ2) is 9.81. The van der Waals surface area contributed by atoms with Crippen LogP contribution in [0.4, 0.5) is 0 Å². The second-order valence-corrected chi connectivity index (χ2v) is 4.02. The molecule has 0 amide bonds. The highest BCUT2D eigenvalue weighted by molar-refractivity contribution is 7.80. The summed E-state index contributed by atoms with van der Waals surface area (Å²) in [5.41, 5.74) is 0. The normalized spacial score (nSPS) is 11.6. The summed E-state index contributed by atoms with van der Waals surface area (Å²) in [5.74, 6) is 0.976. The Hall–Kier alpha value is 0.270. The maximum Gasteiger partial charge on any atom is 0.0589 e. The van der Waals surface area contributed by atoms with Crippen LogP contribution >= 0.6 is 12.6 Å².